The summed E-state index contributed by atoms with van der Waals surface area (Å²) in [6.07, 6.45) is 1.05. The largest absolute Gasteiger partial charge is 0.466 e. The first kappa shape index (κ1) is 13.5. The smallest absolute Gasteiger partial charge is 0.306 e. The van der Waals surface area contributed by atoms with Crippen molar-refractivity contribution in [2.75, 3.05) is 12.3 Å². The standard InChI is InChI=1S/C13H19NO3/c1-10(15)8-9-17-13(16)7-4-11-2-5-12(14)6-3-11/h2-3,5-6,10,15H,4,7-9,14H2,1H3. The molecule has 0 saturated heterocycles. The van der Waals surface area contributed by atoms with Crippen LogP contribution in [0.5, 0.6) is 0 Å². The number of anilines is 1. The molecule has 0 aliphatic rings. The van der Waals surface area contributed by atoms with E-state index in [0.717, 1.165) is 5.56 Å². The minimum absolute atomic E-state index is 0.234. The Bertz CT molecular complexity index is 346. The first-order valence-corrected chi connectivity index (χ1v) is 5.76. The van der Waals surface area contributed by atoms with Crippen LogP contribution in [0.4, 0.5) is 5.69 Å². The highest BCUT2D eigenvalue weighted by atomic mass is 16.5. The molecule has 0 aromatic heterocycles. The van der Waals surface area contributed by atoms with Gasteiger partial charge in [-0.05, 0) is 31.0 Å². The second-order valence-corrected chi connectivity index (χ2v) is 4.10. The number of benzene rings is 1. The first-order chi connectivity index (χ1) is 8.08. The fraction of sp³-hybridized carbons (Fsp3) is 0.462. The Hall–Kier alpha value is -1.55. The molecule has 1 aromatic carbocycles. The quantitative estimate of drug-likeness (QED) is 0.581. The summed E-state index contributed by atoms with van der Waals surface area (Å²) in [6.45, 7) is 1.94. The van der Waals surface area contributed by atoms with Gasteiger partial charge in [0, 0.05) is 18.5 Å². The van der Waals surface area contributed by atoms with Crippen LogP contribution in [0.3, 0.4) is 0 Å². The second kappa shape index (κ2) is 6.91. The van der Waals surface area contributed by atoms with Crippen LogP contribution in [0, 0.1) is 0 Å². The zero-order valence-corrected chi connectivity index (χ0v) is 10.1. The molecule has 94 valence electrons. The van der Waals surface area contributed by atoms with Gasteiger partial charge in [0.1, 0.15) is 0 Å². The van der Waals surface area contributed by atoms with Gasteiger partial charge in [0.15, 0.2) is 0 Å². The van der Waals surface area contributed by atoms with E-state index in [4.69, 9.17) is 15.6 Å². The third-order valence-electron chi connectivity index (χ3n) is 2.40. The summed E-state index contributed by atoms with van der Waals surface area (Å²) >= 11 is 0. The van der Waals surface area contributed by atoms with Crippen LogP contribution in [-0.4, -0.2) is 23.8 Å². The fourth-order valence-electron chi connectivity index (χ4n) is 1.35. The van der Waals surface area contributed by atoms with Gasteiger partial charge in [0.2, 0.25) is 0 Å². The summed E-state index contributed by atoms with van der Waals surface area (Å²) in [5, 5.41) is 9.00. The summed E-state index contributed by atoms with van der Waals surface area (Å²) in [7, 11) is 0. The monoisotopic (exact) mass is 237 g/mol. The maximum absolute atomic E-state index is 11.3. The minimum Gasteiger partial charge on any atom is -0.466 e. The molecule has 0 heterocycles. The van der Waals surface area contributed by atoms with Crippen LogP contribution < -0.4 is 5.73 Å². The van der Waals surface area contributed by atoms with E-state index in [1.54, 1.807) is 6.92 Å². The van der Waals surface area contributed by atoms with E-state index in [-0.39, 0.29) is 12.6 Å². The molecule has 0 amide bonds. The van der Waals surface area contributed by atoms with Crippen molar-refractivity contribution in [2.45, 2.75) is 32.3 Å². The van der Waals surface area contributed by atoms with Gasteiger partial charge in [-0.15, -0.1) is 0 Å². The average molecular weight is 237 g/mol. The molecular formula is C13H19NO3. The van der Waals surface area contributed by atoms with Gasteiger partial charge in [-0.2, -0.15) is 0 Å². The normalized spacial score (nSPS) is 12.1. The fourth-order valence-corrected chi connectivity index (χ4v) is 1.35. The van der Waals surface area contributed by atoms with E-state index in [0.29, 0.717) is 24.9 Å². The Labute approximate surface area is 101 Å². The number of nitrogens with two attached hydrogens (primary N) is 1. The first-order valence-electron chi connectivity index (χ1n) is 5.76. The minimum atomic E-state index is -0.431. The van der Waals surface area contributed by atoms with E-state index >= 15 is 0 Å². The number of nitrogen functional groups attached to an aromatic ring is 1. The van der Waals surface area contributed by atoms with Crippen molar-refractivity contribution < 1.29 is 14.6 Å². The summed E-state index contributed by atoms with van der Waals surface area (Å²) in [5.74, 6) is -0.234. The number of carbonyl (C=O) groups excluding carboxylic acids is 1. The summed E-state index contributed by atoms with van der Waals surface area (Å²) < 4.78 is 4.97. The van der Waals surface area contributed by atoms with Crippen molar-refractivity contribution in [3.63, 3.8) is 0 Å². The van der Waals surface area contributed by atoms with E-state index in [1.807, 2.05) is 24.3 Å². The van der Waals surface area contributed by atoms with Crippen LogP contribution >= 0.6 is 0 Å². The Morgan fingerprint density at radius 3 is 2.65 bits per heavy atom. The van der Waals surface area contributed by atoms with Crippen LogP contribution in [0.15, 0.2) is 24.3 Å². The number of aryl methyl sites for hydroxylation is 1. The maximum Gasteiger partial charge on any atom is 0.306 e. The van der Waals surface area contributed by atoms with Gasteiger partial charge in [0.05, 0.1) is 12.7 Å². The summed E-state index contributed by atoms with van der Waals surface area (Å²) in [5.41, 5.74) is 7.34. The zero-order valence-electron chi connectivity index (χ0n) is 10.1. The van der Waals surface area contributed by atoms with Crippen molar-refractivity contribution in [1.29, 1.82) is 0 Å². The van der Waals surface area contributed by atoms with Crippen LogP contribution in [0.25, 0.3) is 0 Å². The van der Waals surface area contributed by atoms with Crippen LogP contribution in [0.1, 0.15) is 25.3 Å². The van der Waals surface area contributed by atoms with E-state index in [1.165, 1.54) is 0 Å². The molecule has 1 rings (SSSR count). The average Bonchev–Trinajstić information content (AvgIpc) is 2.28. The SMILES string of the molecule is CC(O)CCOC(=O)CCc1ccc(N)cc1. The molecule has 17 heavy (non-hydrogen) atoms. The zero-order chi connectivity index (χ0) is 12.7. The molecule has 0 radical (unpaired) electrons. The Balaban J connectivity index is 2.21. The highest BCUT2D eigenvalue weighted by Gasteiger charge is 2.04. The Morgan fingerprint density at radius 1 is 1.41 bits per heavy atom. The molecule has 0 aliphatic heterocycles. The number of ether oxygens (including phenoxy) is 1. The highest BCUT2D eigenvalue weighted by molar-refractivity contribution is 5.69. The lowest BCUT2D eigenvalue weighted by Crippen LogP contribution is -2.11. The third-order valence-corrected chi connectivity index (χ3v) is 2.40. The number of esters is 1. The number of aliphatic hydroxyl groups is 1. The Morgan fingerprint density at radius 2 is 2.06 bits per heavy atom. The topological polar surface area (TPSA) is 72.5 Å². The van der Waals surface area contributed by atoms with Gasteiger partial charge in [0.25, 0.3) is 0 Å². The third kappa shape index (κ3) is 5.92. The van der Waals surface area contributed by atoms with Gasteiger partial charge in [-0.25, -0.2) is 0 Å². The number of hydrogen-bond donors (Lipinski definition) is 2. The van der Waals surface area contributed by atoms with E-state index in [9.17, 15) is 4.79 Å². The van der Waals surface area contributed by atoms with Gasteiger partial charge in [-0.1, -0.05) is 12.1 Å². The molecule has 0 saturated carbocycles. The molecule has 0 aliphatic carbocycles. The van der Waals surface area contributed by atoms with Crippen LogP contribution in [0.2, 0.25) is 0 Å². The van der Waals surface area contributed by atoms with Gasteiger partial charge < -0.3 is 15.6 Å². The van der Waals surface area contributed by atoms with Crippen molar-refractivity contribution in [2.24, 2.45) is 0 Å². The van der Waals surface area contributed by atoms with Crippen molar-refractivity contribution in [3.05, 3.63) is 29.8 Å². The molecule has 0 fully saturated rings. The van der Waals surface area contributed by atoms with Crippen molar-refractivity contribution >= 4 is 11.7 Å². The van der Waals surface area contributed by atoms with Crippen LogP contribution in [-0.2, 0) is 16.0 Å². The number of hydrogen-bond acceptors (Lipinski definition) is 4. The van der Waals surface area contributed by atoms with Crippen molar-refractivity contribution in [1.82, 2.24) is 0 Å². The van der Waals surface area contributed by atoms with E-state index < -0.39 is 6.10 Å². The Kier molecular flexibility index (Phi) is 5.49. The highest BCUT2D eigenvalue weighted by Crippen LogP contribution is 2.08. The molecule has 1 atom stereocenters. The number of carbonyl (C=O) groups is 1. The predicted octanol–water partition coefficient (Wildman–Crippen LogP) is 1.52. The number of aliphatic hydroxyl groups excluding tert-OH is 1. The summed E-state index contributed by atoms with van der Waals surface area (Å²) in [4.78, 5) is 11.3. The maximum atomic E-state index is 11.3. The second-order valence-electron chi connectivity index (χ2n) is 4.10. The lowest BCUT2D eigenvalue weighted by atomic mass is 10.1. The van der Waals surface area contributed by atoms with Gasteiger partial charge >= 0.3 is 5.97 Å². The summed E-state index contributed by atoms with van der Waals surface area (Å²) in [6, 6.07) is 7.43. The number of rotatable bonds is 6. The molecule has 1 unspecified atom stereocenters. The van der Waals surface area contributed by atoms with Gasteiger partial charge in [-0.3, -0.25) is 4.79 Å². The molecule has 0 spiro atoms. The molecular weight excluding hydrogens is 218 g/mol. The predicted molar refractivity (Wildman–Crippen MR) is 66.4 cm³/mol. The molecule has 4 nitrogen and oxygen atoms in total. The lowest BCUT2D eigenvalue weighted by molar-refractivity contribution is -0.144. The molecule has 4 heteroatoms. The molecule has 1 aromatic rings. The van der Waals surface area contributed by atoms with Crippen molar-refractivity contribution in [3.8, 4) is 0 Å². The molecule has 3 N–H and O–H groups in total. The lowest BCUT2D eigenvalue weighted by Gasteiger charge is -2.06. The molecule has 0 bridgehead atoms. The van der Waals surface area contributed by atoms with E-state index in [2.05, 4.69) is 0 Å².